The van der Waals surface area contributed by atoms with Crippen molar-refractivity contribution in [3.63, 3.8) is 0 Å². The minimum absolute atomic E-state index is 0.0555. The number of aliphatic hydroxyl groups is 2. The lowest BCUT2D eigenvalue weighted by molar-refractivity contribution is -0.126. The highest BCUT2D eigenvalue weighted by molar-refractivity contribution is 5.86. The van der Waals surface area contributed by atoms with Gasteiger partial charge in [-0.3, -0.25) is 4.79 Å². The molecule has 0 aromatic carbocycles. The number of carbonyl (C=O) groups is 1. The summed E-state index contributed by atoms with van der Waals surface area (Å²) in [5.41, 5.74) is 0. The fourth-order valence-electron chi connectivity index (χ4n) is 4.29. The second kappa shape index (κ2) is 4.69. The molecule has 3 heteroatoms. The second-order valence-corrected chi connectivity index (χ2v) is 6.11. The molecule has 2 aliphatic carbocycles. The summed E-state index contributed by atoms with van der Waals surface area (Å²) in [6.45, 7) is 6.37. The first-order valence-corrected chi connectivity index (χ1v) is 6.81. The van der Waals surface area contributed by atoms with Crippen LogP contribution in [0.5, 0.6) is 0 Å². The topological polar surface area (TPSA) is 57.5 Å². The minimum Gasteiger partial charge on any atom is -0.396 e. The van der Waals surface area contributed by atoms with Gasteiger partial charge in [-0.25, -0.2) is 0 Å². The molecule has 0 aromatic heterocycles. The second-order valence-electron chi connectivity index (χ2n) is 6.11. The van der Waals surface area contributed by atoms with E-state index in [1.54, 1.807) is 0 Å². The Morgan fingerprint density at radius 1 is 1.29 bits per heavy atom. The Balaban J connectivity index is 2.22. The first kappa shape index (κ1) is 13.0. The maximum absolute atomic E-state index is 12.1. The third-order valence-corrected chi connectivity index (χ3v) is 5.29. The molecule has 98 valence electrons. The van der Waals surface area contributed by atoms with Crippen LogP contribution in [0.1, 0.15) is 33.6 Å². The number of aliphatic hydroxyl groups excluding tert-OH is 2. The van der Waals surface area contributed by atoms with E-state index in [0.29, 0.717) is 17.8 Å². The van der Waals surface area contributed by atoms with Crippen LogP contribution in [0.4, 0.5) is 0 Å². The predicted molar refractivity (Wildman–Crippen MR) is 65.3 cm³/mol. The molecule has 0 heterocycles. The maximum atomic E-state index is 12.1. The van der Waals surface area contributed by atoms with Gasteiger partial charge in [-0.15, -0.1) is 0 Å². The van der Waals surface area contributed by atoms with Gasteiger partial charge in [0.1, 0.15) is 5.78 Å². The van der Waals surface area contributed by atoms with Crippen molar-refractivity contribution < 1.29 is 15.0 Å². The summed E-state index contributed by atoms with van der Waals surface area (Å²) in [6.07, 6.45) is 1.21. The number of carbonyl (C=O) groups excluding carboxylic acids is 1. The van der Waals surface area contributed by atoms with E-state index in [1.807, 2.05) is 6.92 Å². The summed E-state index contributed by atoms with van der Waals surface area (Å²) in [6, 6.07) is 0. The van der Waals surface area contributed by atoms with Crippen molar-refractivity contribution in [1.82, 2.24) is 0 Å². The van der Waals surface area contributed by atoms with Crippen molar-refractivity contribution in [3.8, 4) is 0 Å². The molecule has 3 nitrogen and oxygen atoms in total. The summed E-state index contributed by atoms with van der Waals surface area (Å²) in [4.78, 5) is 12.1. The molecule has 0 amide bonds. The summed E-state index contributed by atoms with van der Waals surface area (Å²) in [5.74, 6) is 1.47. The van der Waals surface area contributed by atoms with Crippen LogP contribution >= 0.6 is 0 Å². The van der Waals surface area contributed by atoms with E-state index in [1.165, 1.54) is 0 Å². The van der Waals surface area contributed by atoms with E-state index >= 15 is 0 Å². The lowest BCUT2D eigenvalue weighted by atomic mass is 9.62. The summed E-state index contributed by atoms with van der Waals surface area (Å²) >= 11 is 0. The van der Waals surface area contributed by atoms with Gasteiger partial charge in [-0.1, -0.05) is 20.8 Å². The number of hydrogen-bond donors (Lipinski definition) is 2. The quantitative estimate of drug-likeness (QED) is 0.768. The van der Waals surface area contributed by atoms with Gasteiger partial charge in [-0.2, -0.15) is 0 Å². The van der Waals surface area contributed by atoms with E-state index in [0.717, 1.165) is 12.8 Å². The van der Waals surface area contributed by atoms with Gasteiger partial charge >= 0.3 is 0 Å². The smallest absolute Gasteiger partial charge is 0.141 e. The number of fused-ring (bicyclic) bond motifs is 1. The molecule has 0 bridgehead atoms. The van der Waals surface area contributed by atoms with E-state index in [-0.39, 0.29) is 30.1 Å². The molecule has 0 aliphatic heterocycles. The average molecular weight is 240 g/mol. The number of rotatable bonds is 2. The van der Waals surface area contributed by atoms with Crippen molar-refractivity contribution in [2.24, 2.45) is 35.5 Å². The van der Waals surface area contributed by atoms with Crippen molar-refractivity contribution in [2.45, 2.75) is 39.7 Å². The zero-order chi connectivity index (χ0) is 12.7. The largest absolute Gasteiger partial charge is 0.396 e. The van der Waals surface area contributed by atoms with E-state index in [4.69, 9.17) is 5.11 Å². The van der Waals surface area contributed by atoms with Gasteiger partial charge in [0, 0.05) is 18.4 Å². The summed E-state index contributed by atoms with van der Waals surface area (Å²) in [7, 11) is 0. The minimum atomic E-state index is -0.476. The average Bonchev–Trinajstić information content (AvgIpc) is 2.50. The molecule has 2 saturated carbocycles. The lowest BCUT2D eigenvalue weighted by Crippen LogP contribution is -2.41. The van der Waals surface area contributed by atoms with Gasteiger partial charge in [0.15, 0.2) is 0 Å². The molecule has 0 radical (unpaired) electrons. The van der Waals surface area contributed by atoms with Crippen LogP contribution < -0.4 is 0 Å². The van der Waals surface area contributed by atoms with Crippen LogP contribution in [0.2, 0.25) is 0 Å². The third-order valence-electron chi connectivity index (χ3n) is 5.29. The van der Waals surface area contributed by atoms with Gasteiger partial charge in [0.05, 0.1) is 6.10 Å². The van der Waals surface area contributed by atoms with Crippen molar-refractivity contribution in [2.75, 3.05) is 6.61 Å². The Kier molecular flexibility index (Phi) is 3.60. The Hall–Kier alpha value is -0.410. The highest BCUT2D eigenvalue weighted by atomic mass is 16.3. The monoisotopic (exact) mass is 240 g/mol. The molecular formula is C14H24O3. The Morgan fingerprint density at radius 3 is 2.53 bits per heavy atom. The van der Waals surface area contributed by atoms with E-state index in [9.17, 15) is 9.90 Å². The zero-order valence-electron chi connectivity index (χ0n) is 11.0. The molecule has 0 spiro atoms. The molecule has 17 heavy (non-hydrogen) atoms. The Bertz CT molecular complexity index is 302. The van der Waals surface area contributed by atoms with Crippen molar-refractivity contribution >= 4 is 5.78 Å². The van der Waals surface area contributed by atoms with Crippen LogP contribution in [-0.2, 0) is 4.79 Å². The molecule has 7 atom stereocenters. The van der Waals surface area contributed by atoms with Gasteiger partial charge in [0.25, 0.3) is 0 Å². The van der Waals surface area contributed by atoms with Crippen LogP contribution in [0, 0.1) is 35.5 Å². The molecule has 2 aliphatic rings. The number of hydrogen-bond acceptors (Lipinski definition) is 3. The first-order valence-electron chi connectivity index (χ1n) is 6.81. The molecule has 0 aromatic rings. The van der Waals surface area contributed by atoms with Crippen LogP contribution in [0.25, 0.3) is 0 Å². The standard InChI is InChI=1S/C14H24O3/c1-7-6-11-12(8(2)10(7)4-5-15)14(17)9(3)13(11)16/h7-12,14-15,17H,4-6H2,1-3H3/t7?,8?,9-,10?,11?,12?,14+/m1/s1. The van der Waals surface area contributed by atoms with Crippen LogP contribution in [0.15, 0.2) is 0 Å². The fourth-order valence-corrected chi connectivity index (χ4v) is 4.29. The van der Waals surface area contributed by atoms with E-state index < -0.39 is 6.10 Å². The molecular weight excluding hydrogens is 216 g/mol. The fraction of sp³-hybridized carbons (Fsp3) is 0.929. The summed E-state index contributed by atoms with van der Waals surface area (Å²) < 4.78 is 0. The van der Waals surface area contributed by atoms with Crippen LogP contribution in [0.3, 0.4) is 0 Å². The third kappa shape index (κ3) is 1.93. The van der Waals surface area contributed by atoms with Gasteiger partial charge in [-0.05, 0) is 36.5 Å². The van der Waals surface area contributed by atoms with Gasteiger partial charge in [0.2, 0.25) is 0 Å². The zero-order valence-corrected chi connectivity index (χ0v) is 11.0. The Morgan fingerprint density at radius 2 is 1.94 bits per heavy atom. The molecule has 0 saturated heterocycles. The van der Waals surface area contributed by atoms with Gasteiger partial charge < -0.3 is 10.2 Å². The first-order chi connectivity index (χ1) is 7.99. The van der Waals surface area contributed by atoms with E-state index in [2.05, 4.69) is 13.8 Å². The molecule has 2 fully saturated rings. The number of ketones is 1. The molecule has 2 rings (SSSR count). The summed E-state index contributed by atoms with van der Waals surface area (Å²) in [5, 5.41) is 19.4. The molecule has 2 N–H and O–H groups in total. The highest BCUT2D eigenvalue weighted by Crippen LogP contribution is 2.50. The maximum Gasteiger partial charge on any atom is 0.141 e. The SMILES string of the molecule is CC1CC2C(=O)[C@@H](C)[C@H](O)C2C(C)C1CCO. The number of Topliss-reactive ketones (excluding diaryl/α,β-unsaturated/α-hetero) is 1. The highest BCUT2D eigenvalue weighted by Gasteiger charge is 2.53. The normalized spacial score (nSPS) is 50.4. The molecule has 5 unspecified atom stereocenters. The predicted octanol–water partition coefficient (Wildman–Crippen LogP) is 1.47. The Labute approximate surface area is 103 Å². The van der Waals surface area contributed by atoms with Crippen molar-refractivity contribution in [3.05, 3.63) is 0 Å². The van der Waals surface area contributed by atoms with Crippen LogP contribution in [-0.4, -0.2) is 28.7 Å². The lowest BCUT2D eigenvalue weighted by Gasteiger charge is -2.42. The van der Waals surface area contributed by atoms with Crippen molar-refractivity contribution in [1.29, 1.82) is 0 Å².